The Kier molecular flexibility index (Phi) is 7.11. The molecular formula is C23H29N3O3. The van der Waals surface area contributed by atoms with Crippen LogP contribution in [-0.2, 0) is 17.8 Å². The quantitative estimate of drug-likeness (QED) is 0.773. The van der Waals surface area contributed by atoms with Crippen molar-refractivity contribution in [2.45, 2.75) is 33.2 Å². The molecule has 0 saturated heterocycles. The lowest BCUT2D eigenvalue weighted by molar-refractivity contribution is -0.132. The van der Waals surface area contributed by atoms with Crippen molar-refractivity contribution >= 4 is 17.6 Å². The van der Waals surface area contributed by atoms with E-state index >= 15 is 0 Å². The first-order valence-electron chi connectivity index (χ1n) is 10.2. The number of rotatable bonds is 7. The third-order valence-corrected chi connectivity index (χ3v) is 5.16. The van der Waals surface area contributed by atoms with E-state index < -0.39 is 0 Å². The van der Waals surface area contributed by atoms with Gasteiger partial charge in [-0.05, 0) is 55.7 Å². The van der Waals surface area contributed by atoms with Gasteiger partial charge in [-0.2, -0.15) is 0 Å². The second-order valence-electron chi connectivity index (χ2n) is 7.05. The number of nitrogens with zero attached hydrogens (tertiary/aromatic N) is 2. The molecule has 0 aromatic heterocycles. The highest BCUT2D eigenvalue weighted by molar-refractivity contribution is 5.89. The minimum Gasteiger partial charge on any atom is -0.494 e. The molecule has 3 amide bonds. The van der Waals surface area contributed by atoms with Crippen molar-refractivity contribution in [3.63, 3.8) is 0 Å². The summed E-state index contributed by atoms with van der Waals surface area (Å²) >= 11 is 0. The molecule has 1 heterocycles. The van der Waals surface area contributed by atoms with Gasteiger partial charge in [0.2, 0.25) is 5.91 Å². The maximum absolute atomic E-state index is 12.7. The molecule has 1 N–H and O–H groups in total. The molecule has 0 fully saturated rings. The van der Waals surface area contributed by atoms with E-state index in [-0.39, 0.29) is 11.9 Å². The van der Waals surface area contributed by atoms with Crippen LogP contribution in [0.3, 0.4) is 0 Å². The van der Waals surface area contributed by atoms with E-state index in [1.807, 2.05) is 55.1 Å². The number of anilines is 1. The number of benzene rings is 2. The predicted molar refractivity (Wildman–Crippen MR) is 114 cm³/mol. The number of carbonyl (C=O) groups is 2. The molecule has 0 atom stereocenters. The van der Waals surface area contributed by atoms with Crippen LogP contribution in [0, 0.1) is 0 Å². The number of ether oxygens (including phenoxy) is 1. The molecule has 2 aromatic carbocycles. The third kappa shape index (κ3) is 5.50. The first kappa shape index (κ1) is 20.7. The van der Waals surface area contributed by atoms with Crippen LogP contribution in [0.5, 0.6) is 5.75 Å². The van der Waals surface area contributed by atoms with Gasteiger partial charge in [0.1, 0.15) is 5.75 Å². The van der Waals surface area contributed by atoms with E-state index in [0.29, 0.717) is 38.3 Å². The summed E-state index contributed by atoms with van der Waals surface area (Å²) in [5, 5.41) is 2.89. The lowest BCUT2D eigenvalue weighted by atomic mass is 10.00. The van der Waals surface area contributed by atoms with Gasteiger partial charge in [0.05, 0.1) is 6.61 Å². The minimum absolute atomic E-state index is 0.0896. The SMILES string of the molecule is CCOc1ccc(NC(=O)N(CC)CCC(=O)N2CCc3ccccc3C2)cc1. The van der Waals surface area contributed by atoms with Gasteiger partial charge in [-0.15, -0.1) is 0 Å². The van der Waals surface area contributed by atoms with Gasteiger partial charge < -0.3 is 19.9 Å². The Balaban J connectivity index is 1.50. The topological polar surface area (TPSA) is 61.9 Å². The Morgan fingerprint density at radius 1 is 1.07 bits per heavy atom. The van der Waals surface area contributed by atoms with Crippen LogP contribution in [0.15, 0.2) is 48.5 Å². The van der Waals surface area contributed by atoms with Crippen molar-refractivity contribution in [1.29, 1.82) is 0 Å². The number of nitrogens with one attached hydrogen (secondary N) is 1. The highest BCUT2D eigenvalue weighted by atomic mass is 16.5. The summed E-state index contributed by atoms with van der Waals surface area (Å²) in [6.07, 6.45) is 1.21. The number of hydrogen-bond donors (Lipinski definition) is 1. The molecule has 0 bridgehead atoms. The van der Waals surface area contributed by atoms with Gasteiger partial charge in [-0.1, -0.05) is 24.3 Å². The average Bonchev–Trinajstić information content (AvgIpc) is 2.75. The van der Waals surface area contributed by atoms with Crippen molar-refractivity contribution in [1.82, 2.24) is 9.80 Å². The molecule has 0 aliphatic carbocycles. The van der Waals surface area contributed by atoms with Gasteiger partial charge in [-0.25, -0.2) is 4.79 Å². The van der Waals surface area contributed by atoms with Crippen molar-refractivity contribution in [2.24, 2.45) is 0 Å². The number of carbonyl (C=O) groups excluding carboxylic acids is 2. The largest absolute Gasteiger partial charge is 0.494 e. The van der Waals surface area contributed by atoms with E-state index in [1.54, 1.807) is 4.90 Å². The van der Waals surface area contributed by atoms with Gasteiger partial charge in [-0.3, -0.25) is 4.79 Å². The monoisotopic (exact) mass is 395 g/mol. The van der Waals surface area contributed by atoms with Crippen molar-refractivity contribution in [3.05, 3.63) is 59.7 Å². The lowest BCUT2D eigenvalue weighted by Crippen LogP contribution is -2.40. The van der Waals surface area contributed by atoms with Crippen LogP contribution in [-0.4, -0.2) is 48.0 Å². The number of fused-ring (bicyclic) bond motifs is 1. The Bertz CT molecular complexity index is 836. The molecule has 3 rings (SSSR count). The molecule has 0 unspecified atom stereocenters. The smallest absolute Gasteiger partial charge is 0.321 e. The van der Waals surface area contributed by atoms with E-state index in [0.717, 1.165) is 18.7 Å². The second-order valence-corrected chi connectivity index (χ2v) is 7.05. The Hall–Kier alpha value is -3.02. The fourth-order valence-corrected chi connectivity index (χ4v) is 3.50. The molecule has 6 nitrogen and oxygen atoms in total. The third-order valence-electron chi connectivity index (χ3n) is 5.16. The van der Waals surface area contributed by atoms with E-state index in [4.69, 9.17) is 4.74 Å². The Labute approximate surface area is 172 Å². The zero-order chi connectivity index (χ0) is 20.6. The minimum atomic E-state index is -0.201. The van der Waals surface area contributed by atoms with Crippen LogP contribution in [0.2, 0.25) is 0 Å². The van der Waals surface area contributed by atoms with Crippen molar-refractivity contribution in [3.8, 4) is 5.75 Å². The molecule has 0 saturated carbocycles. The molecule has 1 aliphatic rings. The normalized spacial score (nSPS) is 12.8. The standard InChI is InChI=1S/C23H29N3O3/c1-3-25(23(28)24-20-9-11-21(12-10-20)29-4-2)16-14-22(27)26-15-13-18-7-5-6-8-19(18)17-26/h5-12H,3-4,13-17H2,1-2H3,(H,24,28). The van der Waals surface area contributed by atoms with E-state index in [1.165, 1.54) is 11.1 Å². The predicted octanol–water partition coefficient (Wildman–Crippen LogP) is 3.91. The van der Waals surface area contributed by atoms with Gasteiger partial charge in [0.25, 0.3) is 0 Å². The van der Waals surface area contributed by atoms with E-state index in [2.05, 4.69) is 17.4 Å². The molecule has 1 aliphatic heterocycles. The average molecular weight is 396 g/mol. The molecule has 0 spiro atoms. The number of amides is 3. The van der Waals surface area contributed by atoms with Crippen LogP contribution < -0.4 is 10.1 Å². The summed E-state index contributed by atoms with van der Waals surface area (Å²) < 4.78 is 5.41. The van der Waals surface area contributed by atoms with Crippen LogP contribution >= 0.6 is 0 Å². The number of urea groups is 1. The molecule has 6 heteroatoms. The van der Waals surface area contributed by atoms with Crippen LogP contribution in [0.25, 0.3) is 0 Å². The summed E-state index contributed by atoms with van der Waals surface area (Å²) in [6.45, 7) is 6.78. The molecule has 0 radical (unpaired) electrons. The summed E-state index contributed by atoms with van der Waals surface area (Å²) in [5.41, 5.74) is 3.24. The molecule has 29 heavy (non-hydrogen) atoms. The highest BCUT2D eigenvalue weighted by Crippen LogP contribution is 2.19. The van der Waals surface area contributed by atoms with Gasteiger partial charge in [0.15, 0.2) is 0 Å². The zero-order valence-electron chi connectivity index (χ0n) is 17.2. The lowest BCUT2D eigenvalue weighted by Gasteiger charge is -2.30. The van der Waals surface area contributed by atoms with Crippen LogP contribution in [0.1, 0.15) is 31.4 Å². The van der Waals surface area contributed by atoms with Crippen LogP contribution in [0.4, 0.5) is 10.5 Å². The maximum atomic E-state index is 12.7. The molecule has 154 valence electrons. The fourth-order valence-electron chi connectivity index (χ4n) is 3.50. The summed E-state index contributed by atoms with van der Waals surface area (Å²) in [7, 11) is 0. The van der Waals surface area contributed by atoms with Crippen molar-refractivity contribution < 1.29 is 14.3 Å². The highest BCUT2D eigenvalue weighted by Gasteiger charge is 2.21. The zero-order valence-corrected chi connectivity index (χ0v) is 17.2. The fraction of sp³-hybridized carbons (Fsp3) is 0.391. The van der Waals surface area contributed by atoms with E-state index in [9.17, 15) is 9.59 Å². The Morgan fingerprint density at radius 3 is 2.48 bits per heavy atom. The Morgan fingerprint density at radius 2 is 1.79 bits per heavy atom. The van der Waals surface area contributed by atoms with Gasteiger partial charge in [0, 0.05) is 38.3 Å². The number of hydrogen-bond acceptors (Lipinski definition) is 3. The summed E-state index contributed by atoms with van der Waals surface area (Å²) in [5.74, 6) is 0.860. The molecule has 2 aromatic rings. The second kappa shape index (κ2) is 9.96. The summed E-state index contributed by atoms with van der Waals surface area (Å²) in [4.78, 5) is 28.8. The van der Waals surface area contributed by atoms with Gasteiger partial charge >= 0.3 is 6.03 Å². The summed E-state index contributed by atoms with van der Waals surface area (Å²) in [6, 6.07) is 15.3. The first-order valence-corrected chi connectivity index (χ1v) is 10.2. The molecular weight excluding hydrogens is 366 g/mol. The van der Waals surface area contributed by atoms with Crippen molar-refractivity contribution in [2.75, 3.05) is 31.6 Å². The maximum Gasteiger partial charge on any atom is 0.321 e. The first-order chi connectivity index (χ1) is 14.1.